The molecule has 0 aliphatic heterocycles. The van der Waals surface area contributed by atoms with Gasteiger partial charge in [0.1, 0.15) is 18.0 Å². The molecule has 0 aliphatic rings. The van der Waals surface area contributed by atoms with Crippen LogP contribution in [0.4, 0.5) is 4.39 Å². The maximum Gasteiger partial charge on any atom is 0.142 e. The van der Waals surface area contributed by atoms with Crippen LogP contribution in [0, 0.1) is 5.82 Å². The van der Waals surface area contributed by atoms with Gasteiger partial charge >= 0.3 is 0 Å². The highest BCUT2D eigenvalue weighted by Crippen LogP contribution is 2.11. The zero-order chi connectivity index (χ0) is 9.97. The largest absolute Gasteiger partial charge is 0.326 e. The molecule has 0 saturated carbocycles. The molecule has 2 aromatic heterocycles. The summed E-state index contributed by atoms with van der Waals surface area (Å²) in [5.41, 5.74) is 6.14. The number of imidazole rings is 1. The van der Waals surface area contributed by atoms with E-state index >= 15 is 0 Å². The number of halogens is 1. The second-order valence-corrected chi connectivity index (χ2v) is 2.81. The molecule has 14 heavy (non-hydrogen) atoms. The molecule has 0 unspecified atom stereocenters. The molecule has 72 valence electrons. The monoisotopic (exact) mass is 192 g/mol. The highest BCUT2D eigenvalue weighted by atomic mass is 19.1. The lowest BCUT2D eigenvalue weighted by molar-refractivity contribution is 0.617. The maximum absolute atomic E-state index is 12.8. The lowest BCUT2D eigenvalue weighted by Gasteiger charge is -2.06. The summed E-state index contributed by atoms with van der Waals surface area (Å²) in [6.45, 7) is 0.248. The van der Waals surface area contributed by atoms with E-state index in [0.717, 1.165) is 6.20 Å². The zero-order valence-corrected chi connectivity index (χ0v) is 7.39. The number of pyridine rings is 1. The van der Waals surface area contributed by atoms with Gasteiger partial charge in [0.25, 0.3) is 0 Å². The van der Waals surface area contributed by atoms with Gasteiger partial charge in [-0.05, 0) is 6.07 Å². The topological polar surface area (TPSA) is 56.7 Å². The Labute approximate surface area is 80.2 Å². The molecular formula is C9H9FN4. The highest BCUT2D eigenvalue weighted by Gasteiger charge is 2.05. The average molecular weight is 192 g/mol. The van der Waals surface area contributed by atoms with Crippen molar-refractivity contribution in [1.29, 1.82) is 0 Å². The molecule has 0 aromatic carbocycles. The molecule has 2 heterocycles. The van der Waals surface area contributed by atoms with Crippen molar-refractivity contribution >= 4 is 0 Å². The van der Waals surface area contributed by atoms with E-state index in [9.17, 15) is 4.39 Å². The molecule has 5 heteroatoms. The fourth-order valence-corrected chi connectivity index (χ4v) is 1.24. The number of hydrogen-bond donors (Lipinski definition) is 1. The Morgan fingerprint density at radius 2 is 2.36 bits per heavy atom. The molecule has 0 radical (unpaired) electrons. The van der Waals surface area contributed by atoms with Crippen LogP contribution in [0.25, 0.3) is 5.82 Å². The van der Waals surface area contributed by atoms with E-state index < -0.39 is 0 Å². The number of nitrogens with zero attached hydrogens (tertiary/aromatic N) is 3. The lowest BCUT2D eigenvalue weighted by Crippen LogP contribution is -2.06. The van der Waals surface area contributed by atoms with Gasteiger partial charge in [-0.3, -0.25) is 4.57 Å². The van der Waals surface area contributed by atoms with Crippen LogP contribution in [0.1, 0.15) is 5.56 Å². The molecule has 2 rings (SSSR count). The second-order valence-electron chi connectivity index (χ2n) is 2.81. The SMILES string of the molecule is NCc1cc(F)cnc1-n1ccnc1. The summed E-state index contributed by atoms with van der Waals surface area (Å²) in [5.74, 6) is 0.237. The van der Waals surface area contributed by atoms with Gasteiger partial charge in [0.2, 0.25) is 0 Å². The van der Waals surface area contributed by atoms with Crippen molar-refractivity contribution in [3.8, 4) is 5.82 Å². The summed E-state index contributed by atoms with van der Waals surface area (Å²) in [6, 6.07) is 1.38. The van der Waals surface area contributed by atoms with E-state index in [1.807, 2.05) is 0 Å². The van der Waals surface area contributed by atoms with E-state index in [0.29, 0.717) is 11.4 Å². The van der Waals surface area contributed by atoms with Crippen LogP contribution in [0.15, 0.2) is 31.0 Å². The van der Waals surface area contributed by atoms with Crippen LogP contribution in [0.5, 0.6) is 0 Å². The van der Waals surface area contributed by atoms with Gasteiger partial charge in [0, 0.05) is 24.5 Å². The first-order valence-electron chi connectivity index (χ1n) is 4.14. The first-order chi connectivity index (χ1) is 6.81. The summed E-state index contributed by atoms with van der Waals surface area (Å²) < 4.78 is 14.5. The van der Waals surface area contributed by atoms with E-state index in [1.54, 1.807) is 23.3 Å². The molecule has 0 saturated heterocycles. The number of hydrogen-bond acceptors (Lipinski definition) is 3. The predicted octanol–water partition coefficient (Wildman–Crippen LogP) is 0.865. The van der Waals surface area contributed by atoms with Crippen molar-refractivity contribution in [1.82, 2.24) is 14.5 Å². The van der Waals surface area contributed by atoms with Crippen molar-refractivity contribution in [2.24, 2.45) is 5.73 Å². The smallest absolute Gasteiger partial charge is 0.142 e. The Morgan fingerprint density at radius 1 is 1.50 bits per heavy atom. The molecule has 0 spiro atoms. The van der Waals surface area contributed by atoms with Crippen molar-refractivity contribution in [3.63, 3.8) is 0 Å². The normalized spacial score (nSPS) is 10.4. The molecule has 0 bridgehead atoms. The highest BCUT2D eigenvalue weighted by molar-refractivity contribution is 5.33. The molecule has 0 atom stereocenters. The maximum atomic E-state index is 12.8. The van der Waals surface area contributed by atoms with Gasteiger partial charge in [-0.2, -0.15) is 0 Å². The van der Waals surface area contributed by atoms with Gasteiger partial charge in [0.05, 0.1) is 6.20 Å². The lowest BCUT2D eigenvalue weighted by atomic mass is 10.2. The van der Waals surface area contributed by atoms with Crippen LogP contribution in [0.3, 0.4) is 0 Å². The Hall–Kier alpha value is -1.75. The number of nitrogens with two attached hydrogens (primary N) is 1. The molecule has 0 amide bonds. The minimum Gasteiger partial charge on any atom is -0.326 e. The van der Waals surface area contributed by atoms with E-state index in [-0.39, 0.29) is 12.4 Å². The zero-order valence-electron chi connectivity index (χ0n) is 7.39. The first kappa shape index (κ1) is 8.83. The summed E-state index contributed by atoms with van der Waals surface area (Å²) in [6.07, 6.45) is 6.12. The Bertz CT molecular complexity index is 424. The molecule has 0 aliphatic carbocycles. The summed E-state index contributed by atoms with van der Waals surface area (Å²) in [7, 11) is 0. The fraction of sp³-hybridized carbons (Fsp3) is 0.111. The summed E-state index contributed by atoms with van der Waals surface area (Å²) >= 11 is 0. The fourth-order valence-electron chi connectivity index (χ4n) is 1.24. The van der Waals surface area contributed by atoms with Crippen LogP contribution in [-0.4, -0.2) is 14.5 Å². The van der Waals surface area contributed by atoms with Crippen molar-refractivity contribution < 1.29 is 4.39 Å². The first-order valence-corrected chi connectivity index (χ1v) is 4.14. The van der Waals surface area contributed by atoms with Gasteiger partial charge in [-0.15, -0.1) is 0 Å². The van der Waals surface area contributed by atoms with Gasteiger partial charge < -0.3 is 5.73 Å². The number of aromatic nitrogens is 3. The Morgan fingerprint density at radius 3 is 3.00 bits per heavy atom. The van der Waals surface area contributed by atoms with Gasteiger partial charge in [-0.1, -0.05) is 0 Å². The van der Waals surface area contributed by atoms with Crippen molar-refractivity contribution in [2.45, 2.75) is 6.54 Å². The average Bonchev–Trinajstić information content (AvgIpc) is 2.70. The molecule has 2 N–H and O–H groups in total. The van der Waals surface area contributed by atoms with E-state index in [1.165, 1.54) is 6.07 Å². The minimum atomic E-state index is -0.380. The van der Waals surface area contributed by atoms with E-state index in [4.69, 9.17) is 5.73 Å². The third kappa shape index (κ3) is 1.49. The Kier molecular flexibility index (Phi) is 2.24. The van der Waals surface area contributed by atoms with Crippen LogP contribution in [-0.2, 0) is 6.54 Å². The van der Waals surface area contributed by atoms with Crippen molar-refractivity contribution in [3.05, 3.63) is 42.4 Å². The Balaban J connectivity index is 2.53. The second kappa shape index (κ2) is 3.55. The summed E-state index contributed by atoms with van der Waals surface area (Å²) in [4.78, 5) is 7.84. The van der Waals surface area contributed by atoms with Crippen LogP contribution >= 0.6 is 0 Å². The van der Waals surface area contributed by atoms with Crippen LogP contribution in [0.2, 0.25) is 0 Å². The summed E-state index contributed by atoms with van der Waals surface area (Å²) in [5, 5.41) is 0. The predicted molar refractivity (Wildman–Crippen MR) is 49.2 cm³/mol. The quantitative estimate of drug-likeness (QED) is 0.767. The minimum absolute atomic E-state index is 0.248. The van der Waals surface area contributed by atoms with E-state index in [2.05, 4.69) is 9.97 Å². The molecule has 4 nitrogen and oxygen atoms in total. The third-order valence-electron chi connectivity index (χ3n) is 1.88. The van der Waals surface area contributed by atoms with Crippen LogP contribution < -0.4 is 5.73 Å². The number of rotatable bonds is 2. The molecule has 2 aromatic rings. The standard InChI is InChI=1S/C9H9FN4/c10-8-3-7(4-11)9(13-5-8)14-2-1-12-6-14/h1-3,5-6H,4,11H2. The molecular weight excluding hydrogens is 183 g/mol. The van der Waals surface area contributed by atoms with Gasteiger partial charge in [-0.25, -0.2) is 14.4 Å². The third-order valence-corrected chi connectivity index (χ3v) is 1.88. The van der Waals surface area contributed by atoms with Gasteiger partial charge in [0.15, 0.2) is 0 Å². The molecule has 0 fully saturated rings. The van der Waals surface area contributed by atoms with Crippen molar-refractivity contribution in [2.75, 3.05) is 0 Å².